The topological polar surface area (TPSA) is 78.5 Å². The van der Waals surface area contributed by atoms with Gasteiger partial charge in [-0.3, -0.25) is 5.10 Å². The van der Waals surface area contributed by atoms with E-state index in [4.69, 9.17) is 4.74 Å². The molecule has 102 valence electrons. The Morgan fingerprint density at radius 2 is 2.22 bits per heavy atom. The third-order valence-corrected chi connectivity index (χ3v) is 2.32. The highest BCUT2D eigenvalue weighted by atomic mass is 16.6. The Labute approximate surface area is 107 Å². The third-order valence-electron chi connectivity index (χ3n) is 2.32. The molecule has 6 heteroatoms. The van der Waals surface area contributed by atoms with Crippen molar-refractivity contribution < 1.29 is 14.6 Å². The summed E-state index contributed by atoms with van der Waals surface area (Å²) in [4.78, 5) is 13.2. The van der Waals surface area contributed by atoms with E-state index in [9.17, 15) is 9.90 Å². The molecule has 0 atom stereocenters. The minimum atomic E-state index is -0.479. The lowest BCUT2D eigenvalue weighted by Gasteiger charge is -2.24. The number of hydrogen-bond acceptors (Lipinski definition) is 4. The Kier molecular flexibility index (Phi) is 4.58. The molecule has 0 saturated carbocycles. The van der Waals surface area contributed by atoms with Crippen LogP contribution in [0.25, 0.3) is 0 Å². The molecule has 0 aliphatic carbocycles. The van der Waals surface area contributed by atoms with Gasteiger partial charge in [-0.05, 0) is 33.6 Å². The number of carbonyl (C=O) groups is 1. The Bertz CT molecular complexity index is 396. The molecule has 0 aliphatic rings. The van der Waals surface area contributed by atoms with E-state index >= 15 is 0 Å². The number of H-pyrrole nitrogens is 1. The average Bonchev–Trinajstić information content (AvgIpc) is 2.62. The second kappa shape index (κ2) is 5.75. The standard InChI is InChI=1S/C12H21N3O3/c1-12(2,3)18-11(17)15(4)7-5-6-9-10(16)8-13-14-9/h8,16H,5-7H2,1-4H3,(H,13,14). The fourth-order valence-electron chi connectivity index (χ4n) is 1.41. The van der Waals surface area contributed by atoms with Crippen LogP contribution in [0.15, 0.2) is 6.20 Å². The lowest BCUT2D eigenvalue weighted by atomic mass is 10.2. The molecule has 0 aliphatic heterocycles. The van der Waals surface area contributed by atoms with Crippen LogP contribution in [0.3, 0.4) is 0 Å². The lowest BCUT2D eigenvalue weighted by molar-refractivity contribution is 0.0297. The predicted molar refractivity (Wildman–Crippen MR) is 67.4 cm³/mol. The minimum absolute atomic E-state index is 0.162. The summed E-state index contributed by atoms with van der Waals surface area (Å²) in [7, 11) is 1.70. The number of aromatic amines is 1. The normalized spacial score (nSPS) is 11.3. The summed E-state index contributed by atoms with van der Waals surface area (Å²) >= 11 is 0. The highest BCUT2D eigenvalue weighted by molar-refractivity contribution is 5.67. The number of aromatic nitrogens is 2. The van der Waals surface area contributed by atoms with Crippen molar-refractivity contribution in [2.45, 2.75) is 39.2 Å². The molecule has 0 bridgehead atoms. The first-order valence-corrected chi connectivity index (χ1v) is 5.95. The highest BCUT2D eigenvalue weighted by Crippen LogP contribution is 2.14. The SMILES string of the molecule is CN(CCCc1[nH]ncc1O)C(=O)OC(C)(C)C. The van der Waals surface area contributed by atoms with Crippen molar-refractivity contribution in [3.05, 3.63) is 11.9 Å². The Balaban J connectivity index is 2.31. The van der Waals surface area contributed by atoms with Crippen molar-refractivity contribution in [1.82, 2.24) is 15.1 Å². The van der Waals surface area contributed by atoms with E-state index in [-0.39, 0.29) is 11.8 Å². The zero-order chi connectivity index (χ0) is 13.8. The monoisotopic (exact) mass is 255 g/mol. The van der Waals surface area contributed by atoms with Crippen LogP contribution in [-0.2, 0) is 11.2 Å². The fourth-order valence-corrected chi connectivity index (χ4v) is 1.41. The first-order chi connectivity index (χ1) is 8.29. The molecule has 0 spiro atoms. The summed E-state index contributed by atoms with van der Waals surface area (Å²) in [6.45, 7) is 6.07. The van der Waals surface area contributed by atoms with E-state index in [1.54, 1.807) is 7.05 Å². The molecule has 6 nitrogen and oxygen atoms in total. The molecule has 2 N–H and O–H groups in total. The fraction of sp³-hybridized carbons (Fsp3) is 0.667. The van der Waals surface area contributed by atoms with Gasteiger partial charge in [0.05, 0.1) is 11.9 Å². The van der Waals surface area contributed by atoms with Gasteiger partial charge < -0.3 is 14.7 Å². The second-order valence-electron chi connectivity index (χ2n) is 5.24. The summed E-state index contributed by atoms with van der Waals surface area (Å²) < 4.78 is 5.23. The number of ether oxygens (including phenoxy) is 1. The van der Waals surface area contributed by atoms with E-state index in [1.165, 1.54) is 11.1 Å². The van der Waals surface area contributed by atoms with Gasteiger partial charge in [-0.2, -0.15) is 5.10 Å². The highest BCUT2D eigenvalue weighted by Gasteiger charge is 2.19. The zero-order valence-corrected chi connectivity index (χ0v) is 11.4. The number of rotatable bonds is 4. The Morgan fingerprint density at radius 1 is 1.56 bits per heavy atom. The van der Waals surface area contributed by atoms with Gasteiger partial charge in [0.25, 0.3) is 0 Å². The number of aryl methyl sites for hydroxylation is 1. The maximum absolute atomic E-state index is 11.7. The van der Waals surface area contributed by atoms with Gasteiger partial charge in [0.1, 0.15) is 5.60 Å². The number of carbonyl (C=O) groups excluding carboxylic acids is 1. The molecule has 0 saturated heterocycles. The molecule has 1 heterocycles. The van der Waals surface area contributed by atoms with Gasteiger partial charge in [-0.1, -0.05) is 0 Å². The van der Waals surface area contributed by atoms with E-state index < -0.39 is 5.60 Å². The van der Waals surface area contributed by atoms with Gasteiger partial charge in [0.15, 0.2) is 5.75 Å². The third kappa shape index (κ3) is 4.65. The van der Waals surface area contributed by atoms with Gasteiger partial charge >= 0.3 is 6.09 Å². The van der Waals surface area contributed by atoms with Gasteiger partial charge in [0, 0.05) is 13.6 Å². The van der Waals surface area contributed by atoms with Gasteiger partial charge in [-0.25, -0.2) is 4.79 Å². The van der Waals surface area contributed by atoms with Gasteiger partial charge in [0.2, 0.25) is 0 Å². The maximum atomic E-state index is 11.7. The van der Waals surface area contributed by atoms with Crippen molar-refractivity contribution >= 4 is 6.09 Å². The van der Waals surface area contributed by atoms with Crippen molar-refractivity contribution in [3.63, 3.8) is 0 Å². The van der Waals surface area contributed by atoms with E-state index in [0.29, 0.717) is 18.7 Å². The van der Waals surface area contributed by atoms with Crippen LogP contribution in [-0.4, -0.2) is 45.5 Å². The number of amides is 1. The van der Waals surface area contributed by atoms with Crippen LogP contribution in [0.4, 0.5) is 4.79 Å². The number of aromatic hydroxyl groups is 1. The molecular formula is C12H21N3O3. The molecule has 1 amide bonds. The summed E-state index contributed by atoms with van der Waals surface area (Å²) in [5.74, 6) is 0.162. The lowest BCUT2D eigenvalue weighted by Crippen LogP contribution is -2.34. The van der Waals surface area contributed by atoms with E-state index in [0.717, 1.165) is 6.42 Å². The maximum Gasteiger partial charge on any atom is 0.410 e. The molecule has 18 heavy (non-hydrogen) atoms. The molecule has 0 radical (unpaired) electrons. The Hall–Kier alpha value is -1.72. The largest absolute Gasteiger partial charge is 0.504 e. The molecule has 0 unspecified atom stereocenters. The van der Waals surface area contributed by atoms with Crippen molar-refractivity contribution in [3.8, 4) is 5.75 Å². The first kappa shape index (κ1) is 14.3. The first-order valence-electron chi connectivity index (χ1n) is 5.95. The quantitative estimate of drug-likeness (QED) is 0.861. The van der Waals surface area contributed by atoms with Crippen LogP contribution in [0.1, 0.15) is 32.9 Å². The predicted octanol–water partition coefficient (Wildman–Crippen LogP) is 1.91. The molecular weight excluding hydrogens is 234 g/mol. The van der Waals surface area contributed by atoms with Crippen molar-refractivity contribution in [2.24, 2.45) is 0 Å². The molecule has 1 rings (SSSR count). The van der Waals surface area contributed by atoms with Crippen LogP contribution >= 0.6 is 0 Å². The molecule has 1 aromatic rings. The smallest absolute Gasteiger partial charge is 0.410 e. The number of hydrogen-bond donors (Lipinski definition) is 2. The van der Waals surface area contributed by atoms with E-state index in [2.05, 4.69) is 10.2 Å². The van der Waals surface area contributed by atoms with Crippen LogP contribution in [0.5, 0.6) is 5.75 Å². The van der Waals surface area contributed by atoms with E-state index in [1.807, 2.05) is 20.8 Å². The summed E-state index contributed by atoms with van der Waals surface area (Å²) in [6.07, 6.45) is 2.40. The van der Waals surface area contributed by atoms with Crippen LogP contribution in [0.2, 0.25) is 0 Å². The van der Waals surface area contributed by atoms with Crippen molar-refractivity contribution in [2.75, 3.05) is 13.6 Å². The average molecular weight is 255 g/mol. The van der Waals surface area contributed by atoms with Crippen LogP contribution in [0, 0.1) is 0 Å². The summed E-state index contributed by atoms with van der Waals surface area (Å²) in [5.41, 5.74) is 0.208. The minimum Gasteiger partial charge on any atom is -0.504 e. The summed E-state index contributed by atoms with van der Waals surface area (Å²) in [6, 6.07) is 0. The molecule has 1 aromatic heterocycles. The van der Waals surface area contributed by atoms with Crippen molar-refractivity contribution in [1.29, 1.82) is 0 Å². The summed E-state index contributed by atoms with van der Waals surface area (Å²) in [5, 5.41) is 15.8. The second-order valence-corrected chi connectivity index (χ2v) is 5.24. The number of nitrogens with zero attached hydrogens (tertiary/aromatic N) is 2. The van der Waals surface area contributed by atoms with Crippen LogP contribution < -0.4 is 0 Å². The Morgan fingerprint density at radius 3 is 2.72 bits per heavy atom. The van der Waals surface area contributed by atoms with Gasteiger partial charge in [-0.15, -0.1) is 0 Å². The molecule has 0 fully saturated rings. The number of nitrogens with one attached hydrogen (secondary N) is 1. The molecule has 0 aromatic carbocycles. The zero-order valence-electron chi connectivity index (χ0n) is 11.4.